The summed E-state index contributed by atoms with van der Waals surface area (Å²) < 4.78 is 31.8. The minimum Gasteiger partial charge on any atom is -0.488 e. The van der Waals surface area contributed by atoms with Gasteiger partial charge in [0.1, 0.15) is 12.7 Å². The van der Waals surface area contributed by atoms with Crippen LogP contribution in [0.4, 0.5) is 8.78 Å². The van der Waals surface area contributed by atoms with E-state index in [4.69, 9.17) is 4.74 Å². The number of hydrogen-bond donors (Lipinski definition) is 1. The standard InChI is InChI=1S/C18H19F2NO2/c19-16-6-3-7-17(18(16)20)23-12-15(22)11-21-9-8-13-4-1-2-5-14(13)10-21/h1-7,15,22H,8-12H2. The molecule has 3 nitrogen and oxygen atoms in total. The summed E-state index contributed by atoms with van der Waals surface area (Å²) in [6.45, 7) is 2.01. The van der Waals surface area contributed by atoms with E-state index < -0.39 is 17.7 Å². The molecule has 1 aliphatic heterocycles. The normalized spacial score (nSPS) is 16.0. The molecule has 1 unspecified atom stereocenters. The van der Waals surface area contributed by atoms with Gasteiger partial charge in [0.05, 0.1) is 0 Å². The van der Waals surface area contributed by atoms with Crippen molar-refractivity contribution in [3.8, 4) is 5.75 Å². The van der Waals surface area contributed by atoms with Crippen LogP contribution in [-0.4, -0.2) is 35.8 Å². The third-order valence-corrected chi connectivity index (χ3v) is 4.03. The Kier molecular flexibility index (Phi) is 4.88. The van der Waals surface area contributed by atoms with Crippen molar-refractivity contribution in [3.63, 3.8) is 0 Å². The molecule has 1 heterocycles. The van der Waals surface area contributed by atoms with Crippen molar-refractivity contribution >= 4 is 0 Å². The van der Waals surface area contributed by atoms with Crippen LogP contribution < -0.4 is 4.74 Å². The first kappa shape index (κ1) is 15.9. The van der Waals surface area contributed by atoms with Gasteiger partial charge >= 0.3 is 0 Å². The molecule has 0 fully saturated rings. The van der Waals surface area contributed by atoms with E-state index in [-0.39, 0.29) is 12.4 Å². The summed E-state index contributed by atoms with van der Waals surface area (Å²) in [5.74, 6) is -2.15. The second-order valence-electron chi connectivity index (χ2n) is 5.77. The van der Waals surface area contributed by atoms with Crippen LogP contribution in [-0.2, 0) is 13.0 Å². The number of aliphatic hydroxyl groups is 1. The molecule has 1 atom stereocenters. The smallest absolute Gasteiger partial charge is 0.200 e. The van der Waals surface area contributed by atoms with Crippen molar-refractivity contribution in [3.05, 3.63) is 65.2 Å². The fraction of sp³-hybridized carbons (Fsp3) is 0.333. The number of halogens is 2. The van der Waals surface area contributed by atoms with E-state index in [1.807, 2.05) is 12.1 Å². The summed E-state index contributed by atoms with van der Waals surface area (Å²) in [7, 11) is 0. The van der Waals surface area contributed by atoms with Crippen LogP contribution in [0.3, 0.4) is 0 Å². The van der Waals surface area contributed by atoms with Crippen LogP contribution in [0.1, 0.15) is 11.1 Å². The molecule has 122 valence electrons. The SMILES string of the molecule is OC(COc1cccc(F)c1F)CN1CCc2ccccc2C1. The van der Waals surface area contributed by atoms with Gasteiger partial charge in [-0.3, -0.25) is 4.90 Å². The first-order valence-electron chi connectivity index (χ1n) is 7.67. The van der Waals surface area contributed by atoms with Crippen molar-refractivity contribution in [1.82, 2.24) is 4.90 Å². The number of β-amino-alcohol motifs (C(OH)–C–C–N with tert-alkyl or cyclic N) is 1. The number of aliphatic hydroxyl groups excluding tert-OH is 1. The Morgan fingerprint density at radius 3 is 2.70 bits per heavy atom. The molecule has 0 aliphatic carbocycles. The lowest BCUT2D eigenvalue weighted by molar-refractivity contribution is 0.0622. The highest BCUT2D eigenvalue weighted by Gasteiger charge is 2.19. The Morgan fingerprint density at radius 2 is 1.87 bits per heavy atom. The van der Waals surface area contributed by atoms with Crippen LogP contribution in [0, 0.1) is 11.6 Å². The number of nitrogens with zero attached hydrogens (tertiary/aromatic N) is 1. The second kappa shape index (κ2) is 7.06. The van der Waals surface area contributed by atoms with Crippen molar-refractivity contribution in [2.45, 2.75) is 19.1 Å². The van der Waals surface area contributed by atoms with Gasteiger partial charge in [0.2, 0.25) is 5.82 Å². The van der Waals surface area contributed by atoms with Crippen molar-refractivity contribution in [2.75, 3.05) is 19.7 Å². The molecule has 5 heteroatoms. The average Bonchev–Trinajstić information content (AvgIpc) is 2.56. The lowest BCUT2D eigenvalue weighted by atomic mass is 10.00. The van der Waals surface area contributed by atoms with Crippen LogP contribution in [0.2, 0.25) is 0 Å². The Labute approximate surface area is 134 Å². The maximum atomic E-state index is 13.5. The van der Waals surface area contributed by atoms with Crippen LogP contribution in [0.15, 0.2) is 42.5 Å². The van der Waals surface area contributed by atoms with E-state index in [9.17, 15) is 13.9 Å². The van der Waals surface area contributed by atoms with Crippen molar-refractivity contribution in [1.29, 1.82) is 0 Å². The van der Waals surface area contributed by atoms with Crippen LogP contribution in [0.5, 0.6) is 5.75 Å². The van der Waals surface area contributed by atoms with Gasteiger partial charge < -0.3 is 9.84 Å². The summed E-state index contributed by atoms with van der Waals surface area (Å²) in [5, 5.41) is 10.1. The van der Waals surface area contributed by atoms with Gasteiger partial charge in [0.25, 0.3) is 0 Å². The van der Waals surface area contributed by atoms with Gasteiger partial charge in [-0.25, -0.2) is 4.39 Å². The first-order chi connectivity index (χ1) is 11.1. The first-order valence-corrected chi connectivity index (χ1v) is 7.67. The second-order valence-corrected chi connectivity index (χ2v) is 5.77. The average molecular weight is 319 g/mol. The number of benzene rings is 2. The predicted octanol–water partition coefficient (Wildman–Crippen LogP) is 2.76. The molecule has 0 bridgehead atoms. The van der Waals surface area contributed by atoms with Crippen molar-refractivity contribution < 1.29 is 18.6 Å². The van der Waals surface area contributed by atoms with Gasteiger partial charge in [0, 0.05) is 19.6 Å². The monoisotopic (exact) mass is 319 g/mol. The molecule has 1 aliphatic rings. The molecular weight excluding hydrogens is 300 g/mol. The zero-order valence-corrected chi connectivity index (χ0v) is 12.7. The number of hydrogen-bond acceptors (Lipinski definition) is 3. The molecule has 0 radical (unpaired) electrons. The Morgan fingerprint density at radius 1 is 1.09 bits per heavy atom. The highest BCUT2D eigenvalue weighted by atomic mass is 19.2. The molecule has 3 rings (SSSR count). The zero-order valence-electron chi connectivity index (χ0n) is 12.7. The van der Waals surface area contributed by atoms with Gasteiger partial charge in [0.15, 0.2) is 11.6 Å². The Balaban J connectivity index is 1.52. The van der Waals surface area contributed by atoms with E-state index in [0.717, 1.165) is 25.6 Å². The van der Waals surface area contributed by atoms with Gasteiger partial charge in [-0.2, -0.15) is 4.39 Å². The van der Waals surface area contributed by atoms with E-state index in [2.05, 4.69) is 17.0 Å². The fourth-order valence-corrected chi connectivity index (χ4v) is 2.84. The number of fused-ring (bicyclic) bond motifs is 1. The third-order valence-electron chi connectivity index (χ3n) is 4.03. The molecule has 0 saturated carbocycles. The molecule has 0 saturated heterocycles. The summed E-state index contributed by atoms with van der Waals surface area (Å²) >= 11 is 0. The fourth-order valence-electron chi connectivity index (χ4n) is 2.84. The molecular formula is C18H19F2NO2. The molecule has 2 aromatic carbocycles. The summed E-state index contributed by atoms with van der Waals surface area (Å²) in [6.07, 6.45) is 0.186. The van der Waals surface area contributed by atoms with Gasteiger partial charge in [-0.1, -0.05) is 30.3 Å². The summed E-state index contributed by atoms with van der Waals surface area (Å²) in [5.41, 5.74) is 2.61. The maximum Gasteiger partial charge on any atom is 0.200 e. The summed E-state index contributed by atoms with van der Waals surface area (Å²) in [4.78, 5) is 2.14. The van der Waals surface area contributed by atoms with Gasteiger partial charge in [-0.05, 0) is 29.7 Å². The number of rotatable bonds is 5. The highest BCUT2D eigenvalue weighted by molar-refractivity contribution is 5.29. The quantitative estimate of drug-likeness (QED) is 0.920. The largest absolute Gasteiger partial charge is 0.488 e. The zero-order chi connectivity index (χ0) is 16.2. The van der Waals surface area contributed by atoms with E-state index >= 15 is 0 Å². The molecule has 2 aromatic rings. The molecule has 1 N–H and O–H groups in total. The lowest BCUT2D eigenvalue weighted by Gasteiger charge is -2.30. The molecule has 0 spiro atoms. The highest BCUT2D eigenvalue weighted by Crippen LogP contribution is 2.20. The topological polar surface area (TPSA) is 32.7 Å². The van der Waals surface area contributed by atoms with Crippen LogP contribution in [0.25, 0.3) is 0 Å². The third kappa shape index (κ3) is 3.86. The lowest BCUT2D eigenvalue weighted by Crippen LogP contribution is -2.38. The Hall–Kier alpha value is -1.98. The molecule has 0 amide bonds. The Bertz CT molecular complexity index is 678. The minimum atomic E-state index is -1.02. The maximum absolute atomic E-state index is 13.5. The number of ether oxygens (including phenoxy) is 1. The molecule has 23 heavy (non-hydrogen) atoms. The molecule has 0 aromatic heterocycles. The minimum absolute atomic E-state index is 0.0709. The van der Waals surface area contributed by atoms with Crippen LogP contribution >= 0.6 is 0 Å². The van der Waals surface area contributed by atoms with Gasteiger partial charge in [-0.15, -0.1) is 0 Å². The van der Waals surface area contributed by atoms with E-state index in [1.54, 1.807) is 0 Å². The van der Waals surface area contributed by atoms with E-state index in [1.165, 1.54) is 23.3 Å². The van der Waals surface area contributed by atoms with E-state index in [0.29, 0.717) is 6.54 Å². The summed E-state index contributed by atoms with van der Waals surface area (Å²) in [6, 6.07) is 12.0. The predicted molar refractivity (Wildman–Crippen MR) is 83.3 cm³/mol. The van der Waals surface area contributed by atoms with Crippen molar-refractivity contribution in [2.24, 2.45) is 0 Å².